The first-order chi connectivity index (χ1) is 15.1. The molecule has 1 amide bonds. The second kappa shape index (κ2) is 10.3. The van der Waals surface area contributed by atoms with Crippen LogP contribution in [-0.4, -0.2) is 32.7 Å². The maximum atomic E-state index is 13.2. The minimum Gasteiger partial charge on any atom is -0.337 e. The molecular weight excluding hydrogens is 448 g/mol. The molecule has 2 aromatic heterocycles. The van der Waals surface area contributed by atoms with Gasteiger partial charge in [0.2, 0.25) is 5.91 Å². The molecule has 4 aromatic rings. The van der Waals surface area contributed by atoms with Crippen molar-refractivity contribution in [3.63, 3.8) is 0 Å². The molecule has 0 aliphatic rings. The van der Waals surface area contributed by atoms with Gasteiger partial charge in [0.15, 0.2) is 5.13 Å². The highest BCUT2D eigenvalue weighted by atomic mass is 35.5. The number of anilines is 1. The van der Waals surface area contributed by atoms with Crippen LogP contribution in [0.15, 0.2) is 66.1 Å². The van der Waals surface area contributed by atoms with Crippen LogP contribution in [0.3, 0.4) is 0 Å². The number of hydrogen-bond acceptors (Lipinski definition) is 5. The minimum absolute atomic E-state index is 0.0930. The highest BCUT2D eigenvalue weighted by molar-refractivity contribution is 7.99. The molecule has 0 saturated carbocycles. The van der Waals surface area contributed by atoms with Crippen LogP contribution in [0.2, 0.25) is 5.02 Å². The van der Waals surface area contributed by atoms with Gasteiger partial charge in [-0.1, -0.05) is 40.6 Å². The number of aromatic nitrogens is 3. The third kappa shape index (κ3) is 5.87. The van der Waals surface area contributed by atoms with Crippen molar-refractivity contribution in [1.82, 2.24) is 14.5 Å². The van der Waals surface area contributed by atoms with Gasteiger partial charge in [0.1, 0.15) is 0 Å². The molecule has 0 aliphatic carbocycles. The average Bonchev–Trinajstić information content (AvgIpc) is 3.42. The summed E-state index contributed by atoms with van der Waals surface area (Å²) in [6, 6.07) is 14.0. The highest BCUT2D eigenvalue weighted by Crippen LogP contribution is 2.31. The van der Waals surface area contributed by atoms with Gasteiger partial charge in [-0.3, -0.25) is 9.69 Å². The van der Waals surface area contributed by atoms with Gasteiger partial charge in [-0.25, -0.2) is 9.97 Å². The number of thiazole rings is 1. The van der Waals surface area contributed by atoms with Gasteiger partial charge in [0.25, 0.3) is 0 Å². The number of hydrogen-bond donors (Lipinski definition) is 0. The Hall–Kier alpha value is -2.35. The molecule has 0 atom stereocenters. The van der Waals surface area contributed by atoms with Crippen LogP contribution in [0.5, 0.6) is 0 Å². The first-order valence-electron chi connectivity index (χ1n) is 10.1. The van der Waals surface area contributed by atoms with Crippen molar-refractivity contribution in [2.45, 2.75) is 31.2 Å². The lowest BCUT2D eigenvalue weighted by Crippen LogP contribution is -2.32. The predicted molar refractivity (Wildman–Crippen MR) is 130 cm³/mol. The highest BCUT2D eigenvalue weighted by Gasteiger charge is 2.19. The maximum absolute atomic E-state index is 13.2. The molecule has 0 spiro atoms. The van der Waals surface area contributed by atoms with Crippen molar-refractivity contribution < 1.29 is 4.79 Å². The lowest BCUT2D eigenvalue weighted by molar-refractivity contribution is -0.118. The molecule has 0 radical (unpaired) electrons. The van der Waals surface area contributed by atoms with Crippen molar-refractivity contribution in [1.29, 1.82) is 0 Å². The Kier molecular flexibility index (Phi) is 7.27. The van der Waals surface area contributed by atoms with E-state index in [1.807, 2.05) is 33.9 Å². The van der Waals surface area contributed by atoms with E-state index in [1.54, 1.807) is 24.3 Å². The average molecular weight is 471 g/mol. The third-order valence-electron chi connectivity index (χ3n) is 4.83. The van der Waals surface area contributed by atoms with E-state index in [0.717, 1.165) is 34.1 Å². The number of halogens is 1. The number of amides is 1. The molecule has 0 aliphatic heterocycles. The Bertz CT molecular complexity index is 1140. The smallest absolute Gasteiger partial charge is 0.229 e. The largest absolute Gasteiger partial charge is 0.337 e. The summed E-state index contributed by atoms with van der Waals surface area (Å²) in [4.78, 5) is 25.0. The van der Waals surface area contributed by atoms with Crippen LogP contribution < -0.4 is 4.90 Å². The van der Waals surface area contributed by atoms with Gasteiger partial charge in [0, 0.05) is 47.6 Å². The van der Waals surface area contributed by atoms with E-state index < -0.39 is 0 Å². The fourth-order valence-corrected chi connectivity index (χ4v) is 5.31. The van der Waals surface area contributed by atoms with Gasteiger partial charge in [-0.05, 0) is 43.7 Å². The van der Waals surface area contributed by atoms with Crippen LogP contribution in [-0.2, 0) is 11.3 Å². The summed E-state index contributed by atoms with van der Waals surface area (Å²) in [6.07, 6.45) is 6.78. The number of aryl methyl sites for hydroxylation is 2. The Morgan fingerprint density at radius 1 is 1.23 bits per heavy atom. The summed E-state index contributed by atoms with van der Waals surface area (Å²) >= 11 is 9.35. The SMILES string of the molecule is Cc1ccc(SCCC(=O)N(CCCn2ccnc2)c2nc3ccc(Cl)cc3s2)cc1. The molecule has 0 saturated heterocycles. The zero-order chi connectivity index (χ0) is 21.6. The second-order valence-corrected chi connectivity index (χ2v) is 9.83. The number of imidazole rings is 1. The van der Waals surface area contributed by atoms with Crippen LogP contribution in [0.4, 0.5) is 5.13 Å². The fraction of sp³-hybridized carbons (Fsp3) is 0.261. The number of fused-ring (bicyclic) bond motifs is 1. The standard InChI is InChI=1S/C23H23ClN4OS2/c1-17-3-6-19(7-4-17)30-14-9-22(29)28(12-2-11-27-13-10-25-16-27)23-26-20-8-5-18(24)15-21(20)31-23/h3-8,10,13,15-16H,2,9,11-12,14H2,1H3. The van der Waals surface area contributed by atoms with Gasteiger partial charge < -0.3 is 4.57 Å². The molecule has 0 unspecified atom stereocenters. The Morgan fingerprint density at radius 2 is 2.06 bits per heavy atom. The van der Waals surface area contributed by atoms with Gasteiger partial charge in [-0.2, -0.15) is 0 Å². The van der Waals surface area contributed by atoms with Crippen molar-refractivity contribution in [2.75, 3.05) is 17.2 Å². The number of benzene rings is 2. The van der Waals surface area contributed by atoms with E-state index >= 15 is 0 Å². The van der Waals surface area contributed by atoms with E-state index in [0.29, 0.717) is 18.0 Å². The topological polar surface area (TPSA) is 51.0 Å². The van der Waals surface area contributed by atoms with E-state index in [9.17, 15) is 4.79 Å². The van der Waals surface area contributed by atoms with Crippen molar-refractivity contribution >= 4 is 56.0 Å². The number of carbonyl (C=O) groups excluding carboxylic acids is 1. The first-order valence-corrected chi connectivity index (χ1v) is 12.3. The van der Waals surface area contributed by atoms with E-state index in [2.05, 4.69) is 36.2 Å². The summed E-state index contributed by atoms with van der Waals surface area (Å²) in [6.45, 7) is 3.49. The molecule has 2 aromatic carbocycles. The zero-order valence-electron chi connectivity index (χ0n) is 17.2. The van der Waals surface area contributed by atoms with E-state index in [1.165, 1.54) is 21.8 Å². The summed E-state index contributed by atoms with van der Waals surface area (Å²) in [5.74, 6) is 0.826. The number of rotatable bonds is 9. The van der Waals surface area contributed by atoms with Gasteiger partial charge in [-0.15, -0.1) is 11.8 Å². The third-order valence-corrected chi connectivity index (χ3v) is 7.12. The quantitative estimate of drug-likeness (QED) is 0.279. The van der Waals surface area contributed by atoms with Crippen LogP contribution in [0.1, 0.15) is 18.4 Å². The summed E-state index contributed by atoms with van der Waals surface area (Å²) in [7, 11) is 0. The molecule has 0 bridgehead atoms. The lowest BCUT2D eigenvalue weighted by atomic mass is 10.2. The molecule has 0 fully saturated rings. The van der Waals surface area contributed by atoms with E-state index in [-0.39, 0.29) is 5.91 Å². The van der Waals surface area contributed by atoms with Crippen LogP contribution >= 0.6 is 34.7 Å². The minimum atomic E-state index is 0.0930. The summed E-state index contributed by atoms with van der Waals surface area (Å²) in [5.41, 5.74) is 2.10. The molecule has 31 heavy (non-hydrogen) atoms. The Labute approximate surface area is 195 Å². The second-order valence-electron chi connectivity index (χ2n) is 7.22. The van der Waals surface area contributed by atoms with Gasteiger partial charge in [0.05, 0.1) is 16.5 Å². The lowest BCUT2D eigenvalue weighted by Gasteiger charge is -2.20. The molecule has 4 rings (SSSR count). The molecular formula is C23H23ClN4OS2. The van der Waals surface area contributed by atoms with Crippen molar-refractivity contribution in [2.24, 2.45) is 0 Å². The summed E-state index contributed by atoms with van der Waals surface area (Å²) < 4.78 is 3.01. The maximum Gasteiger partial charge on any atom is 0.229 e. The summed E-state index contributed by atoms with van der Waals surface area (Å²) in [5, 5.41) is 1.41. The zero-order valence-corrected chi connectivity index (χ0v) is 19.6. The Morgan fingerprint density at radius 3 is 2.84 bits per heavy atom. The molecule has 2 heterocycles. The fourth-order valence-electron chi connectivity index (χ4n) is 3.18. The monoisotopic (exact) mass is 470 g/mol. The van der Waals surface area contributed by atoms with E-state index in [4.69, 9.17) is 16.6 Å². The van der Waals surface area contributed by atoms with Crippen molar-refractivity contribution in [3.05, 3.63) is 71.8 Å². The number of carbonyl (C=O) groups is 1. The number of thioether (sulfide) groups is 1. The number of nitrogens with zero attached hydrogens (tertiary/aromatic N) is 4. The molecule has 0 N–H and O–H groups in total. The van der Waals surface area contributed by atoms with Crippen molar-refractivity contribution in [3.8, 4) is 0 Å². The van der Waals surface area contributed by atoms with Crippen LogP contribution in [0, 0.1) is 6.92 Å². The van der Waals surface area contributed by atoms with Gasteiger partial charge >= 0.3 is 0 Å². The Balaban J connectivity index is 1.44. The predicted octanol–water partition coefficient (Wildman–Crippen LogP) is 6.06. The normalized spacial score (nSPS) is 11.2. The van der Waals surface area contributed by atoms with Crippen LogP contribution in [0.25, 0.3) is 10.2 Å². The first kappa shape index (κ1) is 21.9. The molecule has 5 nitrogen and oxygen atoms in total. The molecule has 160 valence electrons. The molecule has 8 heteroatoms.